The maximum atomic E-state index is 13.4. The first-order valence-corrected chi connectivity index (χ1v) is 13.6. The molecule has 2 aromatic carbocycles. The third-order valence-electron chi connectivity index (χ3n) is 6.90. The molecule has 4 rings (SSSR count). The Kier molecular flexibility index (Phi) is 9.84. The van der Waals surface area contributed by atoms with Crippen LogP contribution in [0.15, 0.2) is 48.0 Å². The van der Waals surface area contributed by atoms with Crippen molar-refractivity contribution in [3.63, 3.8) is 0 Å². The summed E-state index contributed by atoms with van der Waals surface area (Å²) in [6.07, 6.45) is 1.52. The molecular weight excluding hydrogens is 500 g/mol. The van der Waals surface area contributed by atoms with Gasteiger partial charge in [0, 0.05) is 31.7 Å². The summed E-state index contributed by atoms with van der Waals surface area (Å²) in [6.45, 7) is 9.10. The van der Waals surface area contributed by atoms with Crippen LogP contribution >= 0.6 is 0 Å². The summed E-state index contributed by atoms with van der Waals surface area (Å²) in [5.41, 5.74) is 1.11. The second-order valence-corrected chi connectivity index (χ2v) is 9.52. The molecular formula is C30H38N2O7. The minimum atomic E-state index is -0.778. The third-order valence-corrected chi connectivity index (χ3v) is 6.90. The predicted molar refractivity (Wildman–Crippen MR) is 147 cm³/mol. The normalized spacial score (nSPS) is 19.4. The van der Waals surface area contributed by atoms with E-state index in [-0.39, 0.29) is 11.3 Å². The van der Waals surface area contributed by atoms with E-state index in [1.54, 1.807) is 48.4 Å². The lowest BCUT2D eigenvalue weighted by Gasteiger charge is -2.29. The molecule has 210 valence electrons. The van der Waals surface area contributed by atoms with Crippen LogP contribution in [0, 0.1) is 0 Å². The molecule has 9 nitrogen and oxygen atoms in total. The van der Waals surface area contributed by atoms with Gasteiger partial charge < -0.3 is 29.0 Å². The molecule has 2 heterocycles. The van der Waals surface area contributed by atoms with Crippen molar-refractivity contribution in [1.82, 2.24) is 9.80 Å². The van der Waals surface area contributed by atoms with E-state index in [1.807, 2.05) is 19.9 Å². The van der Waals surface area contributed by atoms with Crippen molar-refractivity contribution in [2.75, 3.05) is 59.7 Å². The number of carbonyl (C=O) groups excluding carboxylic acids is 2. The van der Waals surface area contributed by atoms with Gasteiger partial charge in [0.15, 0.2) is 11.5 Å². The standard InChI is InChI=1S/C30H38N2O7/c1-4-16-39-23-9-6-8-22(19-23)28(33)26-27(21-10-11-24(38-5-2)25(20-21)36-3)32(30(35)29(26)34)13-7-12-31-14-17-37-18-15-31/h6,8-11,19-20,27,33H,4-5,7,12-18H2,1-3H3. The Morgan fingerprint density at radius 1 is 1.03 bits per heavy atom. The summed E-state index contributed by atoms with van der Waals surface area (Å²) in [4.78, 5) is 30.6. The highest BCUT2D eigenvalue weighted by atomic mass is 16.5. The van der Waals surface area contributed by atoms with E-state index < -0.39 is 17.7 Å². The van der Waals surface area contributed by atoms with Gasteiger partial charge >= 0.3 is 0 Å². The van der Waals surface area contributed by atoms with Gasteiger partial charge in [-0.15, -0.1) is 0 Å². The number of aliphatic hydroxyl groups excluding tert-OH is 1. The summed E-state index contributed by atoms with van der Waals surface area (Å²) < 4.78 is 22.4. The smallest absolute Gasteiger partial charge is 0.295 e. The minimum Gasteiger partial charge on any atom is -0.507 e. The monoisotopic (exact) mass is 538 g/mol. The molecule has 2 aromatic rings. The molecule has 0 bridgehead atoms. The molecule has 0 aromatic heterocycles. The van der Waals surface area contributed by atoms with E-state index in [9.17, 15) is 14.7 Å². The lowest BCUT2D eigenvalue weighted by Crippen LogP contribution is -2.39. The van der Waals surface area contributed by atoms with Gasteiger partial charge in [-0.3, -0.25) is 14.5 Å². The third kappa shape index (κ3) is 6.54. The van der Waals surface area contributed by atoms with Crippen molar-refractivity contribution in [3.05, 3.63) is 59.2 Å². The molecule has 0 aliphatic carbocycles. The van der Waals surface area contributed by atoms with Crippen molar-refractivity contribution in [2.45, 2.75) is 32.7 Å². The summed E-state index contributed by atoms with van der Waals surface area (Å²) in [5, 5.41) is 11.4. The number of Topliss-reactive ketones (excluding diaryl/α,β-unsaturated/α-hetero) is 1. The fraction of sp³-hybridized carbons (Fsp3) is 0.467. The zero-order chi connectivity index (χ0) is 27.8. The molecule has 1 atom stereocenters. The number of likely N-dealkylation sites (tertiary alicyclic amines) is 1. The minimum absolute atomic E-state index is 0.0465. The molecule has 2 fully saturated rings. The zero-order valence-electron chi connectivity index (χ0n) is 23.0. The van der Waals surface area contributed by atoms with Gasteiger partial charge in [0.2, 0.25) is 0 Å². The molecule has 0 saturated carbocycles. The number of ketones is 1. The van der Waals surface area contributed by atoms with E-state index in [2.05, 4.69) is 4.90 Å². The van der Waals surface area contributed by atoms with Crippen LogP contribution in [-0.2, 0) is 14.3 Å². The van der Waals surface area contributed by atoms with Gasteiger partial charge in [0.25, 0.3) is 11.7 Å². The van der Waals surface area contributed by atoms with Gasteiger partial charge in [-0.2, -0.15) is 0 Å². The molecule has 1 amide bonds. The Morgan fingerprint density at radius 2 is 1.82 bits per heavy atom. The Balaban J connectivity index is 1.72. The maximum absolute atomic E-state index is 13.4. The van der Waals surface area contributed by atoms with Crippen molar-refractivity contribution in [3.8, 4) is 17.2 Å². The number of nitrogens with zero attached hydrogens (tertiary/aromatic N) is 2. The fourth-order valence-electron chi connectivity index (χ4n) is 4.98. The Labute approximate surface area is 229 Å². The van der Waals surface area contributed by atoms with Crippen molar-refractivity contribution in [1.29, 1.82) is 0 Å². The Bertz CT molecular complexity index is 1190. The van der Waals surface area contributed by atoms with Gasteiger partial charge in [0.1, 0.15) is 11.5 Å². The van der Waals surface area contributed by atoms with Crippen LogP contribution in [0.3, 0.4) is 0 Å². The average molecular weight is 539 g/mol. The number of aliphatic hydroxyl groups is 1. The quantitative estimate of drug-likeness (QED) is 0.246. The van der Waals surface area contributed by atoms with Gasteiger partial charge in [0.05, 0.1) is 45.2 Å². The second-order valence-electron chi connectivity index (χ2n) is 9.52. The number of morpholine rings is 1. The van der Waals surface area contributed by atoms with E-state index in [1.165, 1.54) is 0 Å². The Hall–Kier alpha value is -3.56. The van der Waals surface area contributed by atoms with Crippen LogP contribution in [0.4, 0.5) is 0 Å². The molecule has 1 N–H and O–H groups in total. The van der Waals surface area contributed by atoms with Crippen LogP contribution in [0.25, 0.3) is 5.76 Å². The van der Waals surface area contributed by atoms with E-state index >= 15 is 0 Å². The first-order chi connectivity index (χ1) is 19.0. The van der Waals surface area contributed by atoms with Crippen molar-refractivity contribution >= 4 is 17.4 Å². The maximum Gasteiger partial charge on any atom is 0.295 e. The Morgan fingerprint density at radius 3 is 2.54 bits per heavy atom. The van der Waals surface area contributed by atoms with Crippen LogP contribution in [0.5, 0.6) is 17.2 Å². The zero-order valence-corrected chi connectivity index (χ0v) is 23.0. The summed E-state index contributed by atoms with van der Waals surface area (Å²) in [6, 6.07) is 11.5. The van der Waals surface area contributed by atoms with Crippen LogP contribution in [0.1, 0.15) is 43.9 Å². The number of hydrogen-bond donors (Lipinski definition) is 1. The first-order valence-electron chi connectivity index (χ1n) is 13.6. The van der Waals surface area contributed by atoms with E-state index in [0.717, 1.165) is 26.1 Å². The van der Waals surface area contributed by atoms with Crippen molar-refractivity contribution in [2.24, 2.45) is 0 Å². The number of carbonyl (C=O) groups is 2. The molecule has 0 radical (unpaired) electrons. The second kappa shape index (κ2) is 13.5. The number of methoxy groups -OCH3 is 1. The van der Waals surface area contributed by atoms with Crippen molar-refractivity contribution < 1.29 is 33.6 Å². The predicted octanol–water partition coefficient (Wildman–Crippen LogP) is 4.03. The summed E-state index contributed by atoms with van der Waals surface area (Å²) in [5.74, 6) is 0.0622. The molecule has 2 aliphatic rings. The number of hydrogen-bond acceptors (Lipinski definition) is 8. The average Bonchev–Trinajstić information content (AvgIpc) is 3.22. The van der Waals surface area contributed by atoms with Gasteiger partial charge in [-0.1, -0.05) is 25.1 Å². The molecule has 2 aliphatic heterocycles. The molecule has 1 unspecified atom stereocenters. The van der Waals surface area contributed by atoms with Crippen LogP contribution < -0.4 is 14.2 Å². The highest BCUT2D eigenvalue weighted by Gasteiger charge is 2.46. The number of ether oxygens (including phenoxy) is 4. The highest BCUT2D eigenvalue weighted by molar-refractivity contribution is 6.46. The number of rotatable bonds is 12. The first kappa shape index (κ1) is 28.4. The van der Waals surface area contributed by atoms with E-state index in [4.69, 9.17) is 18.9 Å². The topological polar surface area (TPSA) is 97.8 Å². The summed E-state index contributed by atoms with van der Waals surface area (Å²) in [7, 11) is 1.54. The van der Waals surface area contributed by atoms with Crippen LogP contribution in [-0.4, -0.2) is 86.3 Å². The molecule has 9 heteroatoms. The van der Waals surface area contributed by atoms with Gasteiger partial charge in [-0.05, 0) is 49.6 Å². The highest BCUT2D eigenvalue weighted by Crippen LogP contribution is 2.42. The largest absolute Gasteiger partial charge is 0.507 e. The molecule has 39 heavy (non-hydrogen) atoms. The number of amides is 1. The van der Waals surface area contributed by atoms with E-state index in [0.29, 0.717) is 67.8 Å². The lowest BCUT2D eigenvalue weighted by atomic mass is 9.95. The van der Waals surface area contributed by atoms with Gasteiger partial charge in [-0.25, -0.2) is 0 Å². The lowest BCUT2D eigenvalue weighted by molar-refractivity contribution is -0.140. The van der Waals surface area contributed by atoms with Crippen LogP contribution in [0.2, 0.25) is 0 Å². The summed E-state index contributed by atoms with van der Waals surface area (Å²) >= 11 is 0. The number of benzene rings is 2. The molecule has 0 spiro atoms. The molecule has 2 saturated heterocycles. The fourth-order valence-corrected chi connectivity index (χ4v) is 4.98. The SMILES string of the molecule is CCCOc1cccc(C(O)=C2C(=O)C(=O)N(CCCN3CCOCC3)C2c2ccc(OCC)c(OC)c2)c1.